The van der Waals surface area contributed by atoms with Crippen molar-refractivity contribution in [1.29, 1.82) is 0 Å². The van der Waals surface area contributed by atoms with E-state index >= 15 is 0 Å². The van der Waals surface area contributed by atoms with E-state index < -0.39 is 0 Å². The van der Waals surface area contributed by atoms with Crippen LogP contribution in [0.15, 0.2) is 36.4 Å². The van der Waals surface area contributed by atoms with Crippen LogP contribution < -0.4 is 4.74 Å². The van der Waals surface area contributed by atoms with Crippen molar-refractivity contribution >= 4 is 0 Å². The minimum absolute atomic E-state index is 0.0659. The van der Waals surface area contributed by atoms with Crippen molar-refractivity contribution in [1.82, 2.24) is 0 Å². The van der Waals surface area contributed by atoms with Gasteiger partial charge in [0.15, 0.2) is 0 Å². The molecule has 0 saturated heterocycles. The first kappa shape index (κ1) is 13.6. The second-order valence-corrected chi connectivity index (χ2v) is 4.97. The van der Waals surface area contributed by atoms with Gasteiger partial charge in [0.1, 0.15) is 12.4 Å². The molecule has 0 unspecified atom stereocenters. The molecule has 2 aromatic carbocycles. The van der Waals surface area contributed by atoms with Crippen molar-refractivity contribution in [2.24, 2.45) is 0 Å². The fourth-order valence-electron chi connectivity index (χ4n) is 2.28. The van der Waals surface area contributed by atoms with Crippen LogP contribution in [0.25, 0.3) is 0 Å². The fraction of sp³-hybridized carbons (Fsp3) is 0.294. The Bertz CT molecular complexity index is 533. The van der Waals surface area contributed by atoms with Gasteiger partial charge in [0.2, 0.25) is 0 Å². The van der Waals surface area contributed by atoms with E-state index in [4.69, 9.17) is 9.84 Å². The van der Waals surface area contributed by atoms with Crippen molar-refractivity contribution < 1.29 is 9.84 Å². The second-order valence-electron chi connectivity index (χ2n) is 4.97. The molecule has 100 valence electrons. The minimum Gasteiger partial charge on any atom is -0.489 e. The van der Waals surface area contributed by atoms with Crippen LogP contribution in [0.2, 0.25) is 0 Å². The van der Waals surface area contributed by atoms with Gasteiger partial charge in [0.05, 0.1) is 6.61 Å². The standard InChI is InChI=1S/C17H20O2/c1-12-8-13(2)17(14(3)9-12)11-19-16-6-4-15(10-18)5-7-16/h4-9,18H,10-11H2,1-3H3. The van der Waals surface area contributed by atoms with Crippen LogP contribution in [0.3, 0.4) is 0 Å². The smallest absolute Gasteiger partial charge is 0.119 e. The Morgan fingerprint density at radius 3 is 2.05 bits per heavy atom. The minimum atomic E-state index is 0.0659. The Morgan fingerprint density at radius 2 is 1.53 bits per heavy atom. The third-order valence-electron chi connectivity index (χ3n) is 3.33. The molecule has 0 spiro atoms. The summed E-state index contributed by atoms with van der Waals surface area (Å²) in [5.41, 5.74) is 5.96. The molecule has 1 N–H and O–H groups in total. The van der Waals surface area contributed by atoms with Crippen molar-refractivity contribution in [3.8, 4) is 5.75 Å². The lowest BCUT2D eigenvalue weighted by Crippen LogP contribution is -2.01. The predicted octanol–water partition coefficient (Wildman–Crippen LogP) is 3.68. The molecule has 0 radical (unpaired) electrons. The van der Waals surface area contributed by atoms with Gasteiger partial charge in [-0.05, 0) is 55.2 Å². The predicted molar refractivity (Wildman–Crippen MR) is 77.3 cm³/mol. The molecule has 0 aliphatic rings. The zero-order valence-electron chi connectivity index (χ0n) is 11.7. The number of aryl methyl sites for hydroxylation is 3. The molecule has 2 nitrogen and oxygen atoms in total. The molecule has 0 saturated carbocycles. The number of ether oxygens (including phenoxy) is 1. The second kappa shape index (κ2) is 5.89. The SMILES string of the molecule is Cc1cc(C)c(COc2ccc(CO)cc2)c(C)c1. The summed E-state index contributed by atoms with van der Waals surface area (Å²) in [5, 5.41) is 8.99. The number of hydrogen-bond acceptors (Lipinski definition) is 2. The number of aliphatic hydroxyl groups excluding tert-OH is 1. The summed E-state index contributed by atoms with van der Waals surface area (Å²) in [5.74, 6) is 0.830. The highest BCUT2D eigenvalue weighted by molar-refractivity contribution is 5.37. The lowest BCUT2D eigenvalue weighted by atomic mass is 10.0. The maximum absolute atomic E-state index is 8.99. The summed E-state index contributed by atoms with van der Waals surface area (Å²) in [7, 11) is 0. The molecule has 19 heavy (non-hydrogen) atoms. The van der Waals surface area contributed by atoms with Crippen LogP contribution in [0.4, 0.5) is 0 Å². The van der Waals surface area contributed by atoms with Gasteiger partial charge in [0.25, 0.3) is 0 Å². The molecular formula is C17H20O2. The average molecular weight is 256 g/mol. The Hall–Kier alpha value is -1.80. The van der Waals surface area contributed by atoms with Crippen molar-refractivity contribution in [2.45, 2.75) is 34.0 Å². The molecule has 0 aromatic heterocycles. The van der Waals surface area contributed by atoms with E-state index in [0.29, 0.717) is 6.61 Å². The highest BCUT2D eigenvalue weighted by atomic mass is 16.5. The van der Waals surface area contributed by atoms with Crippen molar-refractivity contribution in [2.75, 3.05) is 0 Å². The first-order valence-corrected chi connectivity index (χ1v) is 6.49. The number of benzene rings is 2. The molecule has 0 heterocycles. The summed E-state index contributed by atoms with van der Waals surface area (Å²) in [4.78, 5) is 0. The topological polar surface area (TPSA) is 29.5 Å². The number of rotatable bonds is 4. The molecule has 2 aromatic rings. The average Bonchev–Trinajstić information content (AvgIpc) is 2.38. The van der Waals surface area contributed by atoms with Crippen molar-refractivity contribution in [3.63, 3.8) is 0 Å². The summed E-state index contributed by atoms with van der Waals surface area (Å²) in [6, 6.07) is 11.9. The lowest BCUT2D eigenvalue weighted by molar-refractivity contribution is 0.280. The highest BCUT2D eigenvalue weighted by Crippen LogP contribution is 2.19. The van der Waals surface area contributed by atoms with Gasteiger partial charge in [-0.1, -0.05) is 29.8 Å². The number of aliphatic hydroxyl groups is 1. The molecule has 0 fully saturated rings. The molecule has 0 aliphatic carbocycles. The van der Waals surface area contributed by atoms with E-state index in [0.717, 1.165) is 11.3 Å². The zero-order chi connectivity index (χ0) is 13.8. The molecule has 0 aliphatic heterocycles. The van der Waals surface area contributed by atoms with Crippen LogP contribution >= 0.6 is 0 Å². The van der Waals surface area contributed by atoms with Gasteiger partial charge >= 0.3 is 0 Å². The molecule has 0 atom stereocenters. The van der Waals surface area contributed by atoms with E-state index in [1.54, 1.807) is 0 Å². The molecule has 2 rings (SSSR count). The summed E-state index contributed by atoms with van der Waals surface area (Å²) in [6.07, 6.45) is 0. The Morgan fingerprint density at radius 1 is 0.947 bits per heavy atom. The normalized spacial score (nSPS) is 10.5. The van der Waals surface area contributed by atoms with E-state index in [1.165, 1.54) is 22.3 Å². The first-order chi connectivity index (χ1) is 9.10. The Balaban J connectivity index is 2.10. The quantitative estimate of drug-likeness (QED) is 0.904. The van der Waals surface area contributed by atoms with Crippen LogP contribution in [0, 0.1) is 20.8 Å². The fourth-order valence-corrected chi connectivity index (χ4v) is 2.28. The van der Waals surface area contributed by atoms with Gasteiger partial charge in [-0.2, -0.15) is 0 Å². The third-order valence-corrected chi connectivity index (χ3v) is 3.33. The van der Waals surface area contributed by atoms with E-state index in [1.807, 2.05) is 24.3 Å². The van der Waals surface area contributed by atoms with E-state index in [-0.39, 0.29) is 6.61 Å². The third kappa shape index (κ3) is 3.36. The summed E-state index contributed by atoms with van der Waals surface area (Å²) in [6.45, 7) is 6.99. The van der Waals surface area contributed by atoms with Gasteiger partial charge < -0.3 is 9.84 Å². The van der Waals surface area contributed by atoms with Crippen LogP contribution in [-0.4, -0.2) is 5.11 Å². The van der Waals surface area contributed by atoms with E-state index in [2.05, 4.69) is 32.9 Å². The molecule has 0 amide bonds. The van der Waals surface area contributed by atoms with Crippen molar-refractivity contribution in [3.05, 3.63) is 64.2 Å². The van der Waals surface area contributed by atoms with Gasteiger partial charge in [-0.25, -0.2) is 0 Å². The maximum atomic E-state index is 8.99. The van der Waals surface area contributed by atoms with Gasteiger partial charge in [-0.15, -0.1) is 0 Å². The highest BCUT2D eigenvalue weighted by Gasteiger charge is 2.05. The summed E-state index contributed by atoms with van der Waals surface area (Å²) < 4.78 is 5.81. The van der Waals surface area contributed by atoms with Crippen LogP contribution in [0.1, 0.15) is 27.8 Å². The van der Waals surface area contributed by atoms with Crippen LogP contribution in [-0.2, 0) is 13.2 Å². The lowest BCUT2D eigenvalue weighted by Gasteiger charge is -2.13. The molecular weight excluding hydrogens is 236 g/mol. The van der Waals surface area contributed by atoms with Gasteiger partial charge in [-0.3, -0.25) is 0 Å². The molecule has 0 bridgehead atoms. The van der Waals surface area contributed by atoms with Crippen LogP contribution in [0.5, 0.6) is 5.75 Å². The summed E-state index contributed by atoms with van der Waals surface area (Å²) >= 11 is 0. The monoisotopic (exact) mass is 256 g/mol. The largest absolute Gasteiger partial charge is 0.489 e. The number of hydrogen-bond donors (Lipinski definition) is 1. The molecule has 2 heteroatoms. The van der Waals surface area contributed by atoms with E-state index in [9.17, 15) is 0 Å². The Kier molecular flexibility index (Phi) is 4.23. The van der Waals surface area contributed by atoms with Gasteiger partial charge in [0, 0.05) is 0 Å². The zero-order valence-corrected chi connectivity index (χ0v) is 11.7. The first-order valence-electron chi connectivity index (χ1n) is 6.49. The maximum Gasteiger partial charge on any atom is 0.119 e. The Labute approximate surface area is 114 Å².